The SMILES string of the molecule is C=CCOc1cc(Br)cc(F)c1-c1cc(N)[nH]n1. The van der Waals surface area contributed by atoms with Gasteiger partial charge in [0, 0.05) is 10.5 Å². The van der Waals surface area contributed by atoms with Crippen molar-refractivity contribution in [3.05, 3.63) is 41.1 Å². The van der Waals surface area contributed by atoms with Crippen molar-refractivity contribution < 1.29 is 9.13 Å². The first-order valence-electron chi connectivity index (χ1n) is 5.16. The van der Waals surface area contributed by atoms with E-state index in [0.717, 1.165) is 0 Å². The van der Waals surface area contributed by atoms with Gasteiger partial charge in [-0.15, -0.1) is 0 Å². The van der Waals surface area contributed by atoms with E-state index in [0.29, 0.717) is 21.7 Å². The van der Waals surface area contributed by atoms with Gasteiger partial charge in [-0.3, -0.25) is 5.10 Å². The summed E-state index contributed by atoms with van der Waals surface area (Å²) in [5.41, 5.74) is 6.21. The monoisotopic (exact) mass is 311 g/mol. The van der Waals surface area contributed by atoms with E-state index < -0.39 is 5.82 Å². The van der Waals surface area contributed by atoms with Crippen LogP contribution in [0.3, 0.4) is 0 Å². The van der Waals surface area contributed by atoms with Crippen LogP contribution in [-0.4, -0.2) is 16.8 Å². The van der Waals surface area contributed by atoms with Gasteiger partial charge in [-0.1, -0.05) is 28.6 Å². The smallest absolute Gasteiger partial charge is 0.137 e. The molecule has 1 aromatic carbocycles. The number of hydrogen-bond donors (Lipinski definition) is 2. The number of ether oxygens (including phenoxy) is 1. The summed E-state index contributed by atoms with van der Waals surface area (Å²) in [7, 11) is 0. The van der Waals surface area contributed by atoms with Gasteiger partial charge < -0.3 is 10.5 Å². The lowest BCUT2D eigenvalue weighted by atomic mass is 10.1. The summed E-state index contributed by atoms with van der Waals surface area (Å²) in [5, 5.41) is 6.50. The van der Waals surface area contributed by atoms with Crippen LogP contribution in [0.2, 0.25) is 0 Å². The number of anilines is 1. The van der Waals surface area contributed by atoms with Crippen molar-refractivity contribution >= 4 is 21.7 Å². The number of nitrogens with two attached hydrogens (primary N) is 1. The van der Waals surface area contributed by atoms with Crippen molar-refractivity contribution in [2.75, 3.05) is 12.3 Å². The van der Waals surface area contributed by atoms with E-state index in [1.54, 1.807) is 18.2 Å². The van der Waals surface area contributed by atoms with Crippen LogP contribution < -0.4 is 10.5 Å². The molecular weight excluding hydrogens is 301 g/mol. The molecule has 1 aromatic heterocycles. The Morgan fingerprint density at radius 1 is 1.50 bits per heavy atom. The highest BCUT2D eigenvalue weighted by Gasteiger charge is 2.16. The number of nitrogen functional groups attached to an aromatic ring is 1. The highest BCUT2D eigenvalue weighted by atomic mass is 79.9. The number of hydrogen-bond acceptors (Lipinski definition) is 3. The number of rotatable bonds is 4. The molecule has 18 heavy (non-hydrogen) atoms. The molecule has 0 spiro atoms. The minimum absolute atomic E-state index is 0.271. The van der Waals surface area contributed by atoms with Gasteiger partial charge in [0.2, 0.25) is 0 Å². The van der Waals surface area contributed by atoms with Crippen molar-refractivity contribution in [1.29, 1.82) is 0 Å². The minimum Gasteiger partial charge on any atom is -0.489 e. The summed E-state index contributed by atoms with van der Waals surface area (Å²) in [4.78, 5) is 0. The number of aromatic nitrogens is 2. The summed E-state index contributed by atoms with van der Waals surface area (Å²) < 4.78 is 20.0. The van der Waals surface area contributed by atoms with Crippen LogP contribution in [0, 0.1) is 5.82 Å². The maximum absolute atomic E-state index is 14.0. The van der Waals surface area contributed by atoms with Gasteiger partial charge in [-0.2, -0.15) is 5.10 Å². The summed E-state index contributed by atoms with van der Waals surface area (Å²) in [6.07, 6.45) is 1.58. The molecule has 0 aliphatic heterocycles. The lowest BCUT2D eigenvalue weighted by Gasteiger charge is -2.10. The van der Waals surface area contributed by atoms with Crippen LogP contribution in [0.5, 0.6) is 5.75 Å². The Labute approximate surface area is 112 Å². The fraction of sp³-hybridized carbons (Fsp3) is 0.0833. The third-order valence-corrected chi connectivity index (χ3v) is 2.69. The molecule has 2 rings (SSSR count). The van der Waals surface area contributed by atoms with Crippen LogP contribution in [0.15, 0.2) is 35.3 Å². The molecule has 0 unspecified atom stereocenters. The molecule has 0 atom stereocenters. The molecule has 94 valence electrons. The lowest BCUT2D eigenvalue weighted by Crippen LogP contribution is -1.98. The molecular formula is C12H11BrFN3O. The molecule has 2 aromatic rings. The summed E-state index contributed by atoms with van der Waals surface area (Å²) in [5.74, 6) is 0.310. The standard InChI is InChI=1S/C12H11BrFN3O/c1-2-3-18-10-5-7(13)4-8(14)12(10)9-6-11(15)17-16-9/h2,4-6H,1,3H2,(H3,15,16,17). The fourth-order valence-electron chi connectivity index (χ4n) is 1.53. The molecule has 3 N–H and O–H groups in total. The quantitative estimate of drug-likeness (QED) is 0.853. The first-order valence-corrected chi connectivity index (χ1v) is 5.95. The fourth-order valence-corrected chi connectivity index (χ4v) is 1.93. The topological polar surface area (TPSA) is 63.9 Å². The summed E-state index contributed by atoms with van der Waals surface area (Å²) >= 11 is 3.22. The molecule has 0 bridgehead atoms. The van der Waals surface area contributed by atoms with E-state index in [-0.39, 0.29) is 12.2 Å². The molecule has 0 amide bonds. The second kappa shape index (κ2) is 5.22. The summed E-state index contributed by atoms with van der Waals surface area (Å²) in [6, 6.07) is 4.57. The van der Waals surface area contributed by atoms with E-state index in [4.69, 9.17) is 10.5 Å². The molecule has 0 saturated carbocycles. The Morgan fingerprint density at radius 3 is 2.89 bits per heavy atom. The van der Waals surface area contributed by atoms with Gasteiger partial charge in [0.25, 0.3) is 0 Å². The number of H-pyrrole nitrogens is 1. The largest absolute Gasteiger partial charge is 0.489 e. The summed E-state index contributed by atoms with van der Waals surface area (Å²) in [6.45, 7) is 3.84. The number of halogens is 2. The lowest BCUT2D eigenvalue weighted by molar-refractivity contribution is 0.362. The van der Waals surface area contributed by atoms with Crippen LogP contribution >= 0.6 is 15.9 Å². The van der Waals surface area contributed by atoms with Gasteiger partial charge in [0.05, 0.1) is 5.56 Å². The van der Waals surface area contributed by atoms with Crippen LogP contribution in [0.4, 0.5) is 10.2 Å². The molecule has 0 fully saturated rings. The molecule has 6 heteroatoms. The van der Waals surface area contributed by atoms with Gasteiger partial charge in [0.15, 0.2) is 0 Å². The maximum Gasteiger partial charge on any atom is 0.137 e. The first-order chi connectivity index (χ1) is 8.61. The molecule has 4 nitrogen and oxygen atoms in total. The Morgan fingerprint density at radius 2 is 2.28 bits per heavy atom. The molecule has 0 saturated heterocycles. The van der Waals surface area contributed by atoms with Crippen molar-refractivity contribution in [3.8, 4) is 17.0 Å². The highest BCUT2D eigenvalue weighted by molar-refractivity contribution is 9.10. The zero-order chi connectivity index (χ0) is 13.1. The van der Waals surface area contributed by atoms with Gasteiger partial charge in [-0.25, -0.2) is 4.39 Å². The second-order valence-corrected chi connectivity index (χ2v) is 4.48. The van der Waals surface area contributed by atoms with Crippen molar-refractivity contribution in [2.24, 2.45) is 0 Å². The zero-order valence-corrected chi connectivity index (χ0v) is 11.0. The normalized spacial score (nSPS) is 10.3. The average Bonchev–Trinajstić information content (AvgIpc) is 2.72. The van der Waals surface area contributed by atoms with Crippen molar-refractivity contribution in [1.82, 2.24) is 10.2 Å². The Bertz CT molecular complexity index is 583. The first kappa shape index (κ1) is 12.6. The molecule has 0 aliphatic rings. The van der Waals surface area contributed by atoms with E-state index in [1.165, 1.54) is 6.07 Å². The predicted molar refractivity (Wildman–Crippen MR) is 71.8 cm³/mol. The third kappa shape index (κ3) is 2.53. The Hall–Kier alpha value is -1.82. The Balaban J connectivity index is 2.52. The molecule has 0 aliphatic carbocycles. The van der Waals surface area contributed by atoms with Gasteiger partial charge in [-0.05, 0) is 12.1 Å². The average molecular weight is 312 g/mol. The van der Waals surface area contributed by atoms with Gasteiger partial charge >= 0.3 is 0 Å². The Kier molecular flexibility index (Phi) is 3.66. The highest BCUT2D eigenvalue weighted by Crippen LogP contribution is 2.35. The van der Waals surface area contributed by atoms with E-state index >= 15 is 0 Å². The number of aromatic amines is 1. The zero-order valence-electron chi connectivity index (χ0n) is 9.41. The van der Waals surface area contributed by atoms with Crippen LogP contribution in [0.25, 0.3) is 11.3 Å². The van der Waals surface area contributed by atoms with Crippen LogP contribution in [0.1, 0.15) is 0 Å². The molecule has 0 radical (unpaired) electrons. The van der Waals surface area contributed by atoms with E-state index in [1.807, 2.05) is 0 Å². The minimum atomic E-state index is -0.435. The number of nitrogens with one attached hydrogen (secondary N) is 1. The van der Waals surface area contributed by atoms with Gasteiger partial charge in [0.1, 0.15) is 29.7 Å². The van der Waals surface area contributed by atoms with Crippen LogP contribution in [-0.2, 0) is 0 Å². The van der Waals surface area contributed by atoms with Crippen molar-refractivity contribution in [2.45, 2.75) is 0 Å². The molecule has 1 heterocycles. The number of benzene rings is 1. The predicted octanol–water partition coefficient (Wildman–Crippen LogP) is 3.13. The van der Waals surface area contributed by atoms with E-state index in [9.17, 15) is 4.39 Å². The third-order valence-electron chi connectivity index (χ3n) is 2.23. The second-order valence-electron chi connectivity index (χ2n) is 3.57. The maximum atomic E-state index is 14.0. The number of nitrogens with zero attached hydrogens (tertiary/aromatic N) is 1. The van der Waals surface area contributed by atoms with Crippen molar-refractivity contribution in [3.63, 3.8) is 0 Å². The van der Waals surface area contributed by atoms with E-state index in [2.05, 4.69) is 32.7 Å².